The SMILES string of the molecule is COC(=O)c1cccc2c(C(=O)C(=O)Cl)c[nH]c12. The molecule has 0 aliphatic carbocycles. The van der Waals surface area contributed by atoms with Crippen LogP contribution in [0.25, 0.3) is 10.9 Å². The zero-order valence-corrected chi connectivity index (χ0v) is 10.1. The molecule has 0 bridgehead atoms. The Bertz CT molecular complexity index is 659. The topological polar surface area (TPSA) is 76.2 Å². The van der Waals surface area contributed by atoms with E-state index in [0.29, 0.717) is 10.9 Å². The third kappa shape index (κ3) is 1.89. The smallest absolute Gasteiger partial charge is 0.339 e. The van der Waals surface area contributed by atoms with Gasteiger partial charge in [-0.15, -0.1) is 0 Å². The highest BCUT2D eigenvalue weighted by Gasteiger charge is 2.20. The van der Waals surface area contributed by atoms with Gasteiger partial charge < -0.3 is 9.72 Å². The number of hydrogen-bond donors (Lipinski definition) is 1. The fourth-order valence-electron chi connectivity index (χ4n) is 1.73. The number of Topliss-reactive ketones (excluding diaryl/α,β-unsaturated/α-hetero) is 1. The maximum absolute atomic E-state index is 11.6. The molecule has 0 aliphatic rings. The van der Waals surface area contributed by atoms with E-state index in [4.69, 9.17) is 11.6 Å². The van der Waals surface area contributed by atoms with Crippen LogP contribution >= 0.6 is 11.6 Å². The molecule has 2 rings (SSSR count). The van der Waals surface area contributed by atoms with E-state index in [0.717, 1.165) is 0 Å². The Kier molecular flexibility index (Phi) is 3.16. The molecule has 5 nitrogen and oxygen atoms in total. The number of halogens is 1. The molecule has 18 heavy (non-hydrogen) atoms. The molecule has 0 radical (unpaired) electrons. The van der Waals surface area contributed by atoms with Gasteiger partial charge >= 0.3 is 5.97 Å². The highest BCUT2D eigenvalue weighted by Crippen LogP contribution is 2.23. The van der Waals surface area contributed by atoms with Crippen molar-refractivity contribution in [1.82, 2.24) is 4.98 Å². The first kappa shape index (κ1) is 12.3. The third-order valence-corrected chi connectivity index (χ3v) is 2.72. The summed E-state index contributed by atoms with van der Waals surface area (Å²) in [5, 5.41) is -0.615. The van der Waals surface area contributed by atoms with Gasteiger partial charge in [-0.2, -0.15) is 0 Å². The van der Waals surface area contributed by atoms with Crippen molar-refractivity contribution < 1.29 is 19.1 Å². The number of nitrogens with one attached hydrogen (secondary N) is 1. The number of carbonyl (C=O) groups is 3. The van der Waals surface area contributed by atoms with Crippen molar-refractivity contribution in [2.45, 2.75) is 0 Å². The van der Waals surface area contributed by atoms with Crippen LogP contribution < -0.4 is 0 Å². The Morgan fingerprint density at radius 1 is 1.22 bits per heavy atom. The molecule has 6 heteroatoms. The molecule has 1 aromatic carbocycles. The highest BCUT2D eigenvalue weighted by molar-refractivity contribution is 6.83. The van der Waals surface area contributed by atoms with Crippen LogP contribution in [0.3, 0.4) is 0 Å². The number of para-hydroxylation sites is 1. The van der Waals surface area contributed by atoms with Crippen molar-refractivity contribution in [3.63, 3.8) is 0 Å². The maximum Gasteiger partial charge on any atom is 0.339 e. The molecule has 1 aromatic heterocycles. The van der Waals surface area contributed by atoms with Crippen LogP contribution in [-0.2, 0) is 9.53 Å². The molecular formula is C12H8ClNO4. The van der Waals surface area contributed by atoms with Gasteiger partial charge in [-0.3, -0.25) is 9.59 Å². The molecule has 0 atom stereocenters. The largest absolute Gasteiger partial charge is 0.465 e. The number of esters is 1. The van der Waals surface area contributed by atoms with Crippen LogP contribution in [0.2, 0.25) is 0 Å². The predicted molar refractivity (Wildman–Crippen MR) is 64.8 cm³/mol. The van der Waals surface area contributed by atoms with E-state index >= 15 is 0 Å². The summed E-state index contributed by atoms with van der Waals surface area (Å²) in [5.74, 6) is -1.34. The summed E-state index contributed by atoms with van der Waals surface area (Å²) < 4.78 is 4.62. The minimum Gasteiger partial charge on any atom is -0.465 e. The van der Waals surface area contributed by atoms with Crippen LogP contribution in [0.15, 0.2) is 24.4 Å². The summed E-state index contributed by atoms with van der Waals surface area (Å²) in [4.78, 5) is 36.7. The Morgan fingerprint density at radius 3 is 2.56 bits per heavy atom. The maximum atomic E-state index is 11.6. The van der Waals surface area contributed by atoms with E-state index in [2.05, 4.69) is 9.72 Å². The number of hydrogen-bond acceptors (Lipinski definition) is 4. The summed E-state index contributed by atoms with van der Waals surface area (Å²) in [6.45, 7) is 0. The first-order valence-electron chi connectivity index (χ1n) is 4.99. The van der Waals surface area contributed by atoms with Crippen molar-refractivity contribution >= 4 is 39.5 Å². The number of aromatic amines is 1. The van der Waals surface area contributed by atoms with E-state index in [1.165, 1.54) is 13.3 Å². The fourth-order valence-corrected chi connectivity index (χ4v) is 1.83. The lowest BCUT2D eigenvalue weighted by atomic mass is 10.1. The van der Waals surface area contributed by atoms with Gasteiger partial charge in [0.15, 0.2) is 0 Å². The van der Waals surface area contributed by atoms with Crippen molar-refractivity contribution in [2.75, 3.05) is 7.11 Å². The van der Waals surface area contributed by atoms with Gasteiger partial charge in [0.1, 0.15) is 0 Å². The van der Waals surface area contributed by atoms with Gasteiger partial charge in [-0.1, -0.05) is 12.1 Å². The Balaban J connectivity index is 2.66. The first-order chi connectivity index (χ1) is 8.56. The Morgan fingerprint density at radius 2 is 1.94 bits per heavy atom. The van der Waals surface area contributed by atoms with Crippen molar-refractivity contribution in [2.24, 2.45) is 0 Å². The second-order valence-corrected chi connectivity index (χ2v) is 3.87. The van der Waals surface area contributed by atoms with Gasteiger partial charge in [0.25, 0.3) is 5.24 Å². The van der Waals surface area contributed by atoms with Crippen LogP contribution in [0.1, 0.15) is 20.7 Å². The van der Waals surface area contributed by atoms with Crippen molar-refractivity contribution in [3.8, 4) is 0 Å². The quantitative estimate of drug-likeness (QED) is 0.398. The monoisotopic (exact) mass is 265 g/mol. The predicted octanol–water partition coefficient (Wildman–Crippen LogP) is 1.90. The van der Waals surface area contributed by atoms with E-state index in [1.807, 2.05) is 0 Å². The summed E-state index contributed by atoms with van der Waals surface area (Å²) in [5.41, 5.74) is 0.859. The van der Waals surface area contributed by atoms with E-state index in [9.17, 15) is 14.4 Å². The number of rotatable bonds is 3. The van der Waals surface area contributed by atoms with Crippen molar-refractivity contribution in [3.05, 3.63) is 35.5 Å². The van der Waals surface area contributed by atoms with Crippen LogP contribution in [0, 0.1) is 0 Å². The molecule has 0 spiro atoms. The number of ether oxygens (including phenoxy) is 1. The van der Waals surface area contributed by atoms with E-state index in [1.54, 1.807) is 18.2 Å². The molecule has 0 fully saturated rings. The highest BCUT2D eigenvalue weighted by atomic mass is 35.5. The number of carbonyl (C=O) groups excluding carboxylic acids is 3. The summed E-state index contributed by atoms with van der Waals surface area (Å²) in [7, 11) is 1.26. The Hall–Kier alpha value is -2.14. The van der Waals surface area contributed by atoms with Gasteiger partial charge in [0, 0.05) is 11.6 Å². The molecule has 0 aliphatic heterocycles. The first-order valence-corrected chi connectivity index (χ1v) is 5.36. The van der Waals surface area contributed by atoms with Crippen LogP contribution in [0.5, 0.6) is 0 Å². The summed E-state index contributed by atoms with van der Waals surface area (Å²) in [6, 6.07) is 4.77. The van der Waals surface area contributed by atoms with Gasteiger partial charge in [-0.25, -0.2) is 4.79 Å². The minimum atomic E-state index is -1.07. The Labute approximate surface area is 107 Å². The molecule has 2 aromatic rings. The lowest BCUT2D eigenvalue weighted by molar-refractivity contribution is -0.108. The molecule has 92 valence electrons. The van der Waals surface area contributed by atoms with Gasteiger partial charge in [-0.05, 0) is 17.7 Å². The normalized spacial score (nSPS) is 10.3. The second kappa shape index (κ2) is 4.62. The lowest BCUT2D eigenvalue weighted by Crippen LogP contribution is -2.06. The average Bonchev–Trinajstić information content (AvgIpc) is 2.80. The molecule has 1 N–H and O–H groups in total. The fraction of sp³-hybridized carbons (Fsp3) is 0.0833. The number of ketones is 1. The molecule has 0 unspecified atom stereocenters. The third-order valence-electron chi connectivity index (χ3n) is 2.54. The number of benzene rings is 1. The molecular weight excluding hydrogens is 258 g/mol. The standard InChI is InChI=1S/C12H8ClNO4/c1-18-12(17)7-4-2-3-6-8(5-14-9(6)7)10(15)11(13)16/h2-5,14H,1H3. The second-order valence-electron chi connectivity index (χ2n) is 3.52. The van der Waals surface area contributed by atoms with Crippen molar-refractivity contribution in [1.29, 1.82) is 0 Å². The lowest BCUT2D eigenvalue weighted by Gasteiger charge is -2.01. The molecule has 0 saturated heterocycles. The number of H-pyrrole nitrogens is 1. The van der Waals surface area contributed by atoms with Crippen LogP contribution in [-0.4, -0.2) is 29.1 Å². The number of aromatic nitrogens is 1. The zero-order chi connectivity index (χ0) is 13.3. The van der Waals surface area contributed by atoms with E-state index in [-0.39, 0.29) is 11.1 Å². The molecule has 1 heterocycles. The molecule has 0 amide bonds. The van der Waals surface area contributed by atoms with E-state index < -0.39 is 17.0 Å². The zero-order valence-electron chi connectivity index (χ0n) is 9.32. The van der Waals surface area contributed by atoms with Gasteiger partial charge in [0.05, 0.1) is 23.8 Å². The average molecular weight is 266 g/mol. The molecule has 0 saturated carbocycles. The van der Waals surface area contributed by atoms with Crippen LogP contribution in [0.4, 0.5) is 0 Å². The minimum absolute atomic E-state index is 0.135. The summed E-state index contributed by atoms with van der Waals surface area (Å²) >= 11 is 5.16. The van der Waals surface area contributed by atoms with Gasteiger partial charge in [0.2, 0.25) is 5.78 Å². The number of methoxy groups -OCH3 is 1. The number of fused-ring (bicyclic) bond motifs is 1. The summed E-state index contributed by atoms with van der Waals surface area (Å²) in [6.07, 6.45) is 1.35.